The lowest BCUT2D eigenvalue weighted by Crippen LogP contribution is -2.55. The Labute approximate surface area is 144 Å². The minimum Gasteiger partial charge on any atom is -0.480 e. The third-order valence-corrected chi connectivity index (χ3v) is 5.66. The number of carbonyl (C=O) groups is 1. The largest absolute Gasteiger partial charge is 0.480 e. The molecule has 1 saturated heterocycles. The summed E-state index contributed by atoms with van der Waals surface area (Å²) in [5.41, 5.74) is 9.07. The van der Waals surface area contributed by atoms with Gasteiger partial charge in [-0.2, -0.15) is 12.7 Å². The van der Waals surface area contributed by atoms with Crippen LogP contribution in [0.4, 0.5) is 8.78 Å². The Bertz CT molecular complexity index is 569. The van der Waals surface area contributed by atoms with Gasteiger partial charge in [-0.3, -0.25) is 4.79 Å². The molecule has 0 radical (unpaired) electrons. The standard InChI is InChI=1S/C11H23BF2N4O6S/c13-9(14)8(15)4-17-25(23,24)18-5-7(2-1-3-12(21)22)11(16,6-18)10(19)20/h7-9,17,21-22H,1-6,15-16H2,(H,19,20)/t7-,8+,11-/m0/s1. The topological polar surface area (TPSA) is 179 Å². The van der Waals surface area contributed by atoms with E-state index in [4.69, 9.17) is 21.5 Å². The summed E-state index contributed by atoms with van der Waals surface area (Å²) in [7, 11) is -5.80. The first-order valence-electron chi connectivity index (χ1n) is 7.57. The molecule has 25 heavy (non-hydrogen) atoms. The van der Waals surface area contributed by atoms with Gasteiger partial charge in [-0.15, -0.1) is 0 Å². The van der Waals surface area contributed by atoms with E-state index in [0.29, 0.717) is 0 Å². The number of nitrogens with one attached hydrogen (secondary N) is 1. The Hall–Kier alpha value is -0.895. The molecule has 0 spiro atoms. The van der Waals surface area contributed by atoms with Crippen LogP contribution >= 0.6 is 0 Å². The van der Waals surface area contributed by atoms with Crippen LogP contribution in [0.3, 0.4) is 0 Å². The fourth-order valence-corrected chi connectivity index (χ4v) is 3.94. The molecule has 1 aliphatic rings. The highest BCUT2D eigenvalue weighted by atomic mass is 32.2. The highest BCUT2D eigenvalue weighted by molar-refractivity contribution is 7.87. The van der Waals surface area contributed by atoms with Crippen LogP contribution in [0.5, 0.6) is 0 Å². The van der Waals surface area contributed by atoms with Crippen molar-refractivity contribution in [3.63, 3.8) is 0 Å². The second-order valence-electron chi connectivity index (χ2n) is 6.10. The SMILES string of the molecule is N[C@H](CNS(=O)(=O)N1C[C@H](CCCB(O)O)[C@](N)(C(=O)O)C1)C(F)F. The lowest BCUT2D eigenvalue weighted by molar-refractivity contribution is -0.144. The van der Waals surface area contributed by atoms with Crippen molar-refractivity contribution < 1.29 is 37.1 Å². The summed E-state index contributed by atoms with van der Waals surface area (Å²) in [5, 5.41) is 27.0. The van der Waals surface area contributed by atoms with Gasteiger partial charge in [-0.05, 0) is 12.7 Å². The van der Waals surface area contributed by atoms with Crippen molar-refractivity contribution in [3.8, 4) is 0 Å². The van der Waals surface area contributed by atoms with E-state index in [-0.39, 0.29) is 25.7 Å². The van der Waals surface area contributed by atoms with Crippen LogP contribution < -0.4 is 16.2 Å². The van der Waals surface area contributed by atoms with Crippen molar-refractivity contribution >= 4 is 23.3 Å². The molecule has 0 aliphatic carbocycles. The molecule has 0 amide bonds. The molecule has 8 N–H and O–H groups in total. The number of carboxylic acids is 1. The molecular formula is C11H23BF2N4O6S. The van der Waals surface area contributed by atoms with Gasteiger partial charge >= 0.3 is 13.1 Å². The van der Waals surface area contributed by atoms with E-state index in [1.807, 2.05) is 4.72 Å². The predicted octanol–water partition coefficient (Wildman–Crippen LogP) is -2.62. The van der Waals surface area contributed by atoms with Gasteiger partial charge in [0.2, 0.25) is 0 Å². The van der Waals surface area contributed by atoms with Crippen LogP contribution in [0.25, 0.3) is 0 Å². The minimum absolute atomic E-state index is 0.0135. The molecule has 146 valence electrons. The molecule has 10 nitrogen and oxygen atoms in total. The van der Waals surface area contributed by atoms with Gasteiger partial charge in [0.05, 0.1) is 6.04 Å². The van der Waals surface area contributed by atoms with Crippen LogP contribution in [-0.2, 0) is 15.0 Å². The van der Waals surface area contributed by atoms with Gasteiger partial charge in [0, 0.05) is 25.6 Å². The number of hydrogen-bond donors (Lipinski definition) is 6. The first-order chi connectivity index (χ1) is 11.4. The van der Waals surface area contributed by atoms with E-state index in [1.54, 1.807) is 0 Å². The van der Waals surface area contributed by atoms with E-state index in [1.165, 1.54) is 0 Å². The highest BCUT2D eigenvalue weighted by Crippen LogP contribution is 2.31. The molecule has 0 unspecified atom stereocenters. The molecule has 1 aliphatic heterocycles. The van der Waals surface area contributed by atoms with Crippen molar-refractivity contribution in [1.82, 2.24) is 9.03 Å². The lowest BCUT2D eigenvalue weighted by atomic mass is 9.78. The summed E-state index contributed by atoms with van der Waals surface area (Å²) >= 11 is 0. The third kappa shape index (κ3) is 5.81. The van der Waals surface area contributed by atoms with E-state index >= 15 is 0 Å². The Morgan fingerprint density at radius 3 is 2.52 bits per heavy atom. The number of carboxylic acid groups (broad SMARTS) is 1. The second-order valence-corrected chi connectivity index (χ2v) is 7.85. The molecule has 0 bridgehead atoms. The first kappa shape index (κ1) is 22.1. The zero-order chi connectivity index (χ0) is 19.4. The van der Waals surface area contributed by atoms with Gasteiger partial charge in [0.25, 0.3) is 16.6 Å². The smallest absolute Gasteiger partial charge is 0.451 e. The van der Waals surface area contributed by atoms with Crippen LogP contribution in [0.15, 0.2) is 0 Å². The third-order valence-electron chi connectivity index (χ3n) is 4.17. The summed E-state index contributed by atoms with van der Waals surface area (Å²) in [6.07, 6.45) is -2.54. The number of nitrogens with two attached hydrogens (primary N) is 2. The second kappa shape index (κ2) is 8.66. The average Bonchev–Trinajstić information content (AvgIpc) is 2.84. The van der Waals surface area contributed by atoms with E-state index in [9.17, 15) is 27.1 Å². The summed E-state index contributed by atoms with van der Waals surface area (Å²) < 4.78 is 51.8. The molecule has 1 rings (SSSR count). The molecule has 14 heteroatoms. The maximum absolute atomic E-state index is 12.4. The predicted molar refractivity (Wildman–Crippen MR) is 84.8 cm³/mol. The summed E-state index contributed by atoms with van der Waals surface area (Å²) in [6, 6.07) is -1.69. The normalized spacial score (nSPS) is 26.1. The quantitative estimate of drug-likeness (QED) is 0.220. The van der Waals surface area contributed by atoms with E-state index < -0.39 is 60.3 Å². The van der Waals surface area contributed by atoms with Crippen LogP contribution in [0.1, 0.15) is 12.8 Å². The molecular weight excluding hydrogens is 365 g/mol. The molecule has 3 atom stereocenters. The van der Waals surface area contributed by atoms with Gasteiger partial charge in [-0.1, -0.05) is 6.42 Å². The van der Waals surface area contributed by atoms with E-state index in [0.717, 1.165) is 4.31 Å². The highest BCUT2D eigenvalue weighted by Gasteiger charge is 2.52. The molecule has 1 fully saturated rings. The zero-order valence-corrected chi connectivity index (χ0v) is 14.2. The van der Waals surface area contributed by atoms with E-state index in [2.05, 4.69) is 0 Å². The Morgan fingerprint density at radius 1 is 1.44 bits per heavy atom. The Balaban J connectivity index is 2.80. The minimum atomic E-state index is -4.24. The molecule has 0 aromatic heterocycles. The zero-order valence-electron chi connectivity index (χ0n) is 13.4. The summed E-state index contributed by atoms with van der Waals surface area (Å²) in [6.45, 7) is -1.47. The number of hydrogen-bond acceptors (Lipinski definition) is 7. The maximum atomic E-state index is 12.4. The van der Waals surface area contributed by atoms with Gasteiger partial charge in [-0.25, -0.2) is 13.5 Å². The number of rotatable bonds is 10. The fraction of sp³-hybridized carbons (Fsp3) is 0.909. The van der Waals surface area contributed by atoms with Crippen molar-refractivity contribution in [3.05, 3.63) is 0 Å². The first-order valence-corrected chi connectivity index (χ1v) is 9.01. The van der Waals surface area contributed by atoms with Gasteiger partial charge in [0.15, 0.2) is 0 Å². The van der Waals surface area contributed by atoms with Crippen molar-refractivity contribution in [1.29, 1.82) is 0 Å². The molecule has 1 heterocycles. The number of alkyl halides is 2. The van der Waals surface area contributed by atoms with Crippen LogP contribution in [0.2, 0.25) is 6.32 Å². The van der Waals surface area contributed by atoms with Crippen molar-refractivity contribution in [2.45, 2.75) is 37.2 Å². The Morgan fingerprint density at radius 2 is 2.04 bits per heavy atom. The summed E-state index contributed by atoms with van der Waals surface area (Å²) in [5.74, 6) is -2.17. The lowest BCUT2D eigenvalue weighted by Gasteiger charge is -2.25. The number of halogens is 2. The van der Waals surface area contributed by atoms with Crippen LogP contribution in [0, 0.1) is 5.92 Å². The van der Waals surface area contributed by atoms with Crippen molar-refractivity contribution in [2.24, 2.45) is 17.4 Å². The Kier molecular flexibility index (Phi) is 7.67. The summed E-state index contributed by atoms with van der Waals surface area (Å²) in [4.78, 5) is 11.5. The molecule has 0 aromatic carbocycles. The average molecular weight is 388 g/mol. The number of aliphatic carboxylic acids is 1. The number of nitrogens with zero attached hydrogens (tertiary/aromatic N) is 1. The monoisotopic (exact) mass is 388 g/mol. The van der Waals surface area contributed by atoms with Crippen LogP contribution in [-0.4, -0.2) is 78.6 Å². The van der Waals surface area contributed by atoms with Crippen molar-refractivity contribution in [2.75, 3.05) is 19.6 Å². The molecule has 0 aromatic rings. The molecule has 0 saturated carbocycles. The van der Waals surface area contributed by atoms with Gasteiger partial charge < -0.3 is 26.6 Å². The van der Waals surface area contributed by atoms with Gasteiger partial charge in [0.1, 0.15) is 5.54 Å². The maximum Gasteiger partial charge on any atom is 0.451 e. The fourth-order valence-electron chi connectivity index (χ4n) is 2.60.